The number of amides is 1. The zero-order chi connectivity index (χ0) is 12.6. The van der Waals surface area contributed by atoms with Gasteiger partial charge in [0.05, 0.1) is 10.7 Å². The number of hydrogen-bond acceptors (Lipinski definition) is 4. The normalized spacial score (nSPS) is 14.6. The molecule has 17 heavy (non-hydrogen) atoms. The Hall–Kier alpha value is -1.49. The molecule has 0 bridgehead atoms. The molecule has 1 fully saturated rings. The second kappa shape index (κ2) is 4.41. The van der Waals surface area contributed by atoms with Gasteiger partial charge >= 0.3 is 0 Å². The van der Waals surface area contributed by atoms with Crippen molar-refractivity contribution in [3.05, 3.63) is 22.6 Å². The van der Waals surface area contributed by atoms with Crippen LogP contribution in [-0.2, 0) is 0 Å². The molecule has 0 aromatic carbocycles. The van der Waals surface area contributed by atoms with E-state index in [0.29, 0.717) is 23.0 Å². The van der Waals surface area contributed by atoms with Crippen molar-refractivity contribution in [2.75, 3.05) is 17.6 Å². The van der Waals surface area contributed by atoms with Crippen LogP contribution < -0.4 is 16.8 Å². The third kappa shape index (κ3) is 2.44. The van der Waals surface area contributed by atoms with Crippen LogP contribution in [0.15, 0.2) is 12.2 Å². The summed E-state index contributed by atoms with van der Waals surface area (Å²) in [6.07, 6.45) is 2.28. The van der Waals surface area contributed by atoms with E-state index in [9.17, 15) is 4.79 Å². The first-order valence-corrected chi connectivity index (χ1v) is 6.42. The molecular weight excluding hydrogens is 234 g/mol. The van der Waals surface area contributed by atoms with Gasteiger partial charge in [0.15, 0.2) is 0 Å². The Bertz CT molecular complexity index is 474. The van der Waals surface area contributed by atoms with Gasteiger partial charge in [0.2, 0.25) is 0 Å². The topological polar surface area (TPSA) is 81.1 Å². The summed E-state index contributed by atoms with van der Waals surface area (Å²) < 4.78 is 0. The number of thiophene rings is 1. The molecule has 1 heterocycles. The number of anilines is 2. The predicted octanol–water partition coefficient (Wildman–Crippen LogP) is 2.29. The van der Waals surface area contributed by atoms with Crippen LogP contribution >= 0.6 is 11.3 Å². The molecule has 1 aliphatic rings. The quantitative estimate of drug-likeness (QED) is 0.702. The Labute approximate surface area is 105 Å². The van der Waals surface area contributed by atoms with Crippen LogP contribution in [0.2, 0.25) is 0 Å². The van der Waals surface area contributed by atoms with E-state index < -0.39 is 5.91 Å². The highest BCUT2D eigenvalue weighted by Crippen LogP contribution is 2.50. The number of nitrogens with one attached hydrogen (secondary N) is 1. The molecule has 0 saturated heterocycles. The van der Waals surface area contributed by atoms with Crippen LogP contribution in [0.25, 0.3) is 0 Å². The van der Waals surface area contributed by atoms with Crippen LogP contribution in [0.4, 0.5) is 10.7 Å². The standard InChI is InChI=1S/C12H17N3OS/c1-6(2)5-15-12-8(7-3-4-7)9(13)10(17-12)11(14)16/h7,15H,1,3-5,13H2,2H3,(H2,14,16). The zero-order valence-corrected chi connectivity index (χ0v) is 10.7. The SMILES string of the molecule is C=C(C)CNc1sc(C(N)=O)c(N)c1C1CC1. The average Bonchev–Trinajstić information content (AvgIpc) is 3.00. The maximum atomic E-state index is 11.3. The Kier molecular flexibility index (Phi) is 3.11. The highest BCUT2D eigenvalue weighted by Gasteiger charge is 2.32. The first-order valence-electron chi connectivity index (χ1n) is 5.61. The number of carbonyl (C=O) groups excluding carboxylic acids is 1. The summed E-state index contributed by atoms with van der Waals surface area (Å²) in [6, 6.07) is 0. The summed E-state index contributed by atoms with van der Waals surface area (Å²) in [7, 11) is 0. The molecule has 0 atom stereocenters. The van der Waals surface area contributed by atoms with Gasteiger partial charge in [-0.3, -0.25) is 4.79 Å². The molecule has 0 spiro atoms. The Morgan fingerprint density at radius 3 is 2.71 bits per heavy atom. The summed E-state index contributed by atoms with van der Waals surface area (Å²) in [4.78, 5) is 11.7. The Morgan fingerprint density at radius 1 is 1.59 bits per heavy atom. The minimum absolute atomic E-state index is 0.447. The van der Waals surface area contributed by atoms with E-state index in [-0.39, 0.29) is 0 Å². The molecule has 1 aromatic heterocycles. The number of carbonyl (C=O) groups is 1. The Balaban J connectivity index is 2.32. The molecule has 0 unspecified atom stereocenters. The second-order valence-corrected chi connectivity index (χ2v) is 5.56. The maximum Gasteiger partial charge on any atom is 0.260 e. The van der Waals surface area contributed by atoms with E-state index in [4.69, 9.17) is 11.5 Å². The zero-order valence-electron chi connectivity index (χ0n) is 9.88. The molecule has 0 radical (unpaired) electrons. The minimum Gasteiger partial charge on any atom is -0.397 e. The number of rotatable bonds is 5. The lowest BCUT2D eigenvalue weighted by Gasteiger charge is -2.06. The van der Waals surface area contributed by atoms with E-state index >= 15 is 0 Å². The van der Waals surface area contributed by atoms with Gasteiger partial charge in [0.25, 0.3) is 5.91 Å². The van der Waals surface area contributed by atoms with Crippen LogP contribution in [-0.4, -0.2) is 12.5 Å². The van der Waals surface area contributed by atoms with Crippen molar-refractivity contribution in [2.24, 2.45) is 5.73 Å². The van der Waals surface area contributed by atoms with Gasteiger partial charge in [-0.15, -0.1) is 11.3 Å². The molecule has 5 N–H and O–H groups in total. The van der Waals surface area contributed by atoms with Gasteiger partial charge in [0.1, 0.15) is 4.88 Å². The largest absolute Gasteiger partial charge is 0.397 e. The van der Waals surface area contributed by atoms with Crippen LogP contribution in [0.5, 0.6) is 0 Å². The smallest absolute Gasteiger partial charge is 0.260 e. The van der Waals surface area contributed by atoms with Crippen LogP contribution in [0.1, 0.15) is 40.9 Å². The van der Waals surface area contributed by atoms with Gasteiger partial charge < -0.3 is 16.8 Å². The first-order chi connectivity index (χ1) is 8.00. The van der Waals surface area contributed by atoms with E-state index in [2.05, 4.69) is 11.9 Å². The minimum atomic E-state index is -0.447. The number of nitrogens with two attached hydrogens (primary N) is 2. The van der Waals surface area contributed by atoms with E-state index in [0.717, 1.165) is 29.0 Å². The number of primary amides is 1. The van der Waals surface area contributed by atoms with Crippen molar-refractivity contribution in [2.45, 2.75) is 25.7 Å². The van der Waals surface area contributed by atoms with Crippen molar-refractivity contribution in [3.8, 4) is 0 Å². The van der Waals surface area contributed by atoms with Gasteiger partial charge in [-0.25, -0.2) is 0 Å². The van der Waals surface area contributed by atoms with E-state index in [1.165, 1.54) is 11.3 Å². The molecule has 5 heteroatoms. The third-order valence-electron chi connectivity index (χ3n) is 2.74. The first kappa shape index (κ1) is 12.0. The number of hydrogen-bond donors (Lipinski definition) is 3. The summed E-state index contributed by atoms with van der Waals surface area (Å²) in [5, 5.41) is 4.26. The van der Waals surface area contributed by atoms with Gasteiger partial charge in [0, 0.05) is 12.1 Å². The molecule has 1 amide bonds. The van der Waals surface area contributed by atoms with Crippen molar-refractivity contribution in [3.63, 3.8) is 0 Å². The van der Waals surface area contributed by atoms with Crippen LogP contribution in [0.3, 0.4) is 0 Å². The molecule has 2 rings (SSSR count). The van der Waals surface area contributed by atoms with Crippen LogP contribution in [0, 0.1) is 0 Å². The fourth-order valence-electron chi connectivity index (χ4n) is 1.78. The van der Waals surface area contributed by atoms with Crippen molar-refractivity contribution < 1.29 is 4.79 Å². The molecule has 4 nitrogen and oxygen atoms in total. The van der Waals surface area contributed by atoms with Gasteiger partial charge in [-0.1, -0.05) is 12.2 Å². The number of nitrogen functional groups attached to an aromatic ring is 1. The lowest BCUT2D eigenvalue weighted by Crippen LogP contribution is -2.11. The summed E-state index contributed by atoms with van der Waals surface area (Å²) in [6.45, 7) is 6.49. The molecular formula is C12H17N3OS. The Morgan fingerprint density at radius 2 is 2.24 bits per heavy atom. The summed E-state index contributed by atoms with van der Waals surface area (Å²) in [5.41, 5.74) is 14.0. The average molecular weight is 251 g/mol. The van der Waals surface area contributed by atoms with Crippen molar-refractivity contribution in [1.29, 1.82) is 0 Å². The van der Waals surface area contributed by atoms with E-state index in [1.54, 1.807) is 0 Å². The van der Waals surface area contributed by atoms with Crippen molar-refractivity contribution in [1.82, 2.24) is 0 Å². The van der Waals surface area contributed by atoms with E-state index in [1.807, 2.05) is 6.92 Å². The third-order valence-corrected chi connectivity index (χ3v) is 3.94. The maximum absolute atomic E-state index is 11.3. The molecule has 92 valence electrons. The monoisotopic (exact) mass is 251 g/mol. The van der Waals surface area contributed by atoms with Gasteiger partial charge in [-0.2, -0.15) is 0 Å². The fourth-order valence-corrected chi connectivity index (χ4v) is 2.84. The summed E-state index contributed by atoms with van der Waals surface area (Å²) >= 11 is 1.35. The predicted molar refractivity (Wildman–Crippen MR) is 72.5 cm³/mol. The lowest BCUT2D eigenvalue weighted by atomic mass is 10.1. The molecule has 1 aromatic rings. The molecule has 0 aliphatic heterocycles. The lowest BCUT2D eigenvalue weighted by molar-refractivity contribution is 0.100. The highest BCUT2D eigenvalue weighted by molar-refractivity contribution is 7.18. The fraction of sp³-hybridized carbons (Fsp3) is 0.417. The second-order valence-electron chi connectivity index (χ2n) is 4.54. The highest BCUT2D eigenvalue weighted by atomic mass is 32.1. The molecule has 1 aliphatic carbocycles. The molecule has 1 saturated carbocycles. The van der Waals surface area contributed by atoms with Gasteiger partial charge in [-0.05, 0) is 25.7 Å². The van der Waals surface area contributed by atoms with Crippen molar-refractivity contribution >= 4 is 27.9 Å². The summed E-state index contributed by atoms with van der Waals surface area (Å²) in [5.74, 6) is 0.0461.